The molecule has 7 nitrogen and oxygen atoms in total. The van der Waals surface area contributed by atoms with E-state index in [1.807, 2.05) is 0 Å². The van der Waals surface area contributed by atoms with E-state index >= 15 is 0 Å². The fourth-order valence-electron chi connectivity index (χ4n) is 3.09. The van der Waals surface area contributed by atoms with Crippen molar-refractivity contribution in [3.63, 3.8) is 0 Å². The Kier molecular flexibility index (Phi) is 7.98. The molecule has 0 spiro atoms. The lowest BCUT2D eigenvalue weighted by Crippen LogP contribution is -2.36. The molecule has 1 aromatic rings. The maximum Gasteiger partial charge on any atom is 0.339 e. The van der Waals surface area contributed by atoms with Crippen LogP contribution in [-0.2, 0) is 19.6 Å². The summed E-state index contributed by atoms with van der Waals surface area (Å²) in [6.45, 7) is 3.69. The summed E-state index contributed by atoms with van der Waals surface area (Å²) in [4.78, 5) is 24.8. The molecule has 0 aliphatic heterocycles. The molecule has 0 unspecified atom stereocenters. The first-order chi connectivity index (χ1) is 13.6. The fraction of sp³-hybridized carbons (Fsp3) is 0.524. The molecular weight excluding hydrogens is 392 g/mol. The number of nitrogens with zero attached hydrogens (tertiary/aromatic N) is 1. The first-order valence-corrected chi connectivity index (χ1v) is 11.3. The van der Waals surface area contributed by atoms with Crippen molar-refractivity contribution in [3.05, 3.63) is 41.0 Å². The minimum absolute atomic E-state index is 0.00193. The van der Waals surface area contributed by atoms with Crippen molar-refractivity contribution in [1.82, 2.24) is 9.62 Å². The quantitative estimate of drug-likeness (QED) is 0.514. The zero-order valence-corrected chi connectivity index (χ0v) is 18.3. The van der Waals surface area contributed by atoms with E-state index in [4.69, 9.17) is 4.74 Å². The highest BCUT2D eigenvalue weighted by atomic mass is 32.2. The van der Waals surface area contributed by atoms with E-state index in [0.29, 0.717) is 12.1 Å². The van der Waals surface area contributed by atoms with Crippen LogP contribution < -0.4 is 5.32 Å². The van der Waals surface area contributed by atoms with Crippen LogP contribution in [0.15, 0.2) is 34.7 Å². The van der Waals surface area contributed by atoms with Gasteiger partial charge in [0.2, 0.25) is 10.0 Å². The van der Waals surface area contributed by atoms with Crippen molar-refractivity contribution in [2.24, 2.45) is 0 Å². The molecular formula is C21H30N2O5S. The number of benzene rings is 1. The van der Waals surface area contributed by atoms with Crippen LogP contribution in [0.2, 0.25) is 0 Å². The maximum atomic E-state index is 12.5. The van der Waals surface area contributed by atoms with Crippen LogP contribution in [0.25, 0.3) is 0 Å². The third-order valence-electron chi connectivity index (χ3n) is 4.99. The van der Waals surface area contributed by atoms with Crippen LogP contribution in [0.4, 0.5) is 0 Å². The average molecular weight is 423 g/mol. The van der Waals surface area contributed by atoms with Gasteiger partial charge in [0.1, 0.15) is 0 Å². The molecule has 0 saturated heterocycles. The van der Waals surface area contributed by atoms with Gasteiger partial charge < -0.3 is 10.1 Å². The molecule has 1 aliphatic carbocycles. The lowest BCUT2D eigenvalue weighted by molar-refractivity contribution is -0.129. The normalized spacial score (nSPS) is 15.6. The van der Waals surface area contributed by atoms with Gasteiger partial charge in [-0.2, -0.15) is 0 Å². The van der Waals surface area contributed by atoms with E-state index in [1.54, 1.807) is 13.0 Å². The first-order valence-electron chi connectivity index (χ1n) is 9.82. The molecule has 0 bridgehead atoms. The molecule has 0 aromatic heterocycles. The minimum Gasteiger partial charge on any atom is -0.449 e. The lowest BCUT2D eigenvalue weighted by Gasteiger charge is -2.17. The molecule has 8 heteroatoms. The van der Waals surface area contributed by atoms with E-state index in [-0.39, 0.29) is 16.4 Å². The number of amides is 1. The Morgan fingerprint density at radius 2 is 1.97 bits per heavy atom. The molecule has 0 heterocycles. The van der Waals surface area contributed by atoms with Gasteiger partial charge in [0.05, 0.1) is 10.5 Å². The lowest BCUT2D eigenvalue weighted by atomic mass is 9.97. The Labute approximate surface area is 173 Å². The molecule has 0 saturated carbocycles. The van der Waals surface area contributed by atoms with Crippen LogP contribution >= 0.6 is 0 Å². The monoisotopic (exact) mass is 422 g/mol. The number of ether oxygens (including phenoxy) is 1. The molecule has 0 radical (unpaired) electrons. The predicted octanol–water partition coefficient (Wildman–Crippen LogP) is 2.80. The summed E-state index contributed by atoms with van der Waals surface area (Å²) >= 11 is 0. The smallest absolute Gasteiger partial charge is 0.339 e. The van der Waals surface area contributed by atoms with Crippen molar-refractivity contribution in [2.45, 2.75) is 57.0 Å². The van der Waals surface area contributed by atoms with Crippen molar-refractivity contribution in [2.75, 3.05) is 20.6 Å². The Morgan fingerprint density at radius 1 is 1.24 bits per heavy atom. The maximum absolute atomic E-state index is 12.5. The van der Waals surface area contributed by atoms with E-state index in [1.165, 1.54) is 51.6 Å². The topological polar surface area (TPSA) is 92.8 Å². The van der Waals surface area contributed by atoms with E-state index < -0.39 is 22.1 Å². The number of rotatable bonds is 8. The van der Waals surface area contributed by atoms with Crippen LogP contribution in [0, 0.1) is 6.92 Å². The van der Waals surface area contributed by atoms with Gasteiger partial charge in [-0.15, -0.1) is 0 Å². The number of carbonyl (C=O) groups excluding carboxylic acids is 2. The van der Waals surface area contributed by atoms with Gasteiger partial charge >= 0.3 is 5.97 Å². The van der Waals surface area contributed by atoms with Gasteiger partial charge in [-0.25, -0.2) is 17.5 Å². The third-order valence-corrected chi connectivity index (χ3v) is 6.80. The number of hydrogen-bond donors (Lipinski definition) is 1. The zero-order valence-electron chi connectivity index (χ0n) is 17.5. The van der Waals surface area contributed by atoms with Gasteiger partial charge in [0, 0.05) is 20.6 Å². The standard InChI is InChI=1S/C21H30N2O5S/c1-15-10-11-18(29(26,27)23(3)4)14-19(15)21(25)28-16(2)20(24)22-13-12-17-8-6-5-7-9-17/h8,10-11,14,16H,5-7,9,12-13H2,1-4H3,(H,22,24)/t16-/m1/s1. The molecule has 1 N–H and O–H groups in total. The van der Waals surface area contributed by atoms with Crippen molar-refractivity contribution >= 4 is 21.9 Å². The molecule has 2 rings (SSSR count). The summed E-state index contributed by atoms with van der Waals surface area (Å²) in [5.74, 6) is -1.10. The highest BCUT2D eigenvalue weighted by Crippen LogP contribution is 2.20. The largest absolute Gasteiger partial charge is 0.449 e. The number of hydrogen-bond acceptors (Lipinski definition) is 5. The summed E-state index contributed by atoms with van der Waals surface area (Å²) in [5.41, 5.74) is 2.06. The van der Waals surface area contributed by atoms with Crippen LogP contribution in [0.1, 0.15) is 54.9 Å². The summed E-state index contributed by atoms with van der Waals surface area (Å²) < 4.78 is 31.0. The van der Waals surface area contributed by atoms with Gasteiger partial charge in [-0.3, -0.25) is 4.79 Å². The minimum atomic E-state index is -3.68. The Morgan fingerprint density at radius 3 is 2.59 bits per heavy atom. The number of carbonyl (C=O) groups is 2. The molecule has 1 aliphatic rings. The fourth-order valence-corrected chi connectivity index (χ4v) is 4.02. The molecule has 1 aromatic carbocycles. The van der Waals surface area contributed by atoms with Crippen molar-refractivity contribution in [3.8, 4) is 0 Å². The molecule has 1 atom stereocenters. The summed E-state index contributed by atoms with van der Waals surface area (Å²) in [5, 5.41) is 2.79. The highest BCUT2D eigenvalue weighted by Gasteiger charge is 2.23. The number of allylic oxidation sites excluding steroid dienone is 1. The summed E-state index contributed by atoms with van der Waals surface area (Å²) in [6, 6.07) is 4.28. The zero-order chi connectivity index (χ0) is 21.6. The Bertz CT molecular complexity index is 890. The van der Waals surface area contributed by atoms with Crippen LogP contribution in [0.3, 0.4) is 0 Å². The Hall–Kier alpha value is -2.19. The van der Waals surface area contributed by atoms with Gasteiger partial charge in [-0.05, 0) is 63.6 Å². The van der Waals surface area contributed by atoms with Gasteiger partial charge in [0.15, 0.2) is 6.10 Å². The number of sulfonamides is 1. The van der Waals surface area contributed by atoms with E-state index in [2.05, 4.69) is 11.4 Å². The third kappa shape index (κ3) is 6.14. The second-order valence-electron chi connectivity index (χ2n) is 7.46. The molecule has 160 valence electrons. The van der Waals surface area contributed by atoms with Crippen molar-refractivity contribution < 1.29 is 22.7 Å². The van der Waals surface area contributed by atoms with Crippen LogP contribution in [-0.4, -0.2) is 51.3 Å². The Balaban J connectivity index is 1.98. The highest BCUT2D eigenvalue weighted by molar-refractivity contribution is 7.89. The number of esters is 1. The first kappa shape index (κ1) is 23.1. The van der Waals surface area contributed by atoms with Gasteiger partial charge in [0.25, 0.3) is 5.91 Å². The van der Waals surface area contributed by atoms with E-state index in [9.17, 15) is 18.0 Å². The number of aryl methyl sites for hydroxylation is 1. The molecule has 0 fully saturated rings. The van der Waals surface area contributed by atoms with E-state index in [0.717, 1.165) is 23.6 Å². The van der Waals surface area contributed by atoms with Gasteiger partial charge in [-0.1, -0.05) is 17.7 Å². The molecule has 29 heavy (non-hydrogen) atoms. The average Bonchev–Trinajstić information content (AvgIpc) is 2.68. The molecule has 1 amide bonds. The summed E-state index contributed by atoms with van der Waals surface area (Å²) in [7, 11) is -0.837. The summed E-state index contributed by atoms with van der Waals surface area (Å²) in [6.07, 6.45) is 6.64. The number of nitrogens with one attached hydrogen (secondary N) is 1. The van der Waals surface area contributed by atoms with Crippen molar-refractivity contribution in [1.29, 1.82) is 0 Å². The second-order valence-corrected chi connectivity index (χ2v) is 9.61. The predicted molar refractivity (Wildman–Crippen MR) is 111 cm³/mol. The SMILES string of the molecule is Cc1ccc(S(=O)(=O)N(C)C)cc1C(=O)O[C@H](C)C(=O)NCCC1=CCCCC1. The van der Waals surface area contributed by atoms with Crippen LogP contribution in [0.5, 0.6) is 0 Å². The second kappa shape index (κ2) is 10.0.